The Labute approximate surface area is 131 Å². The van der Waals surface area contributed by atoms with Crippen molar-refractivity contribution in [3.05, 3.63) is 72.3 Å². The second kappa shape index (κ2) is 6.61. The molecule has 0 aliphatic heterocycles. The van der Waals surface area contributed by atoms with Gasteiger partial charge in [-0.3, -0.25) is 4.79 Å². The number of halogens is 1. The number of benzene rings is 2. The van der Waals surface area contributed by atoms with Gasteiger partial charge in [0.15, 0.2) is 0 Å². The molecule has 0 radical (unpaired) electrons. The lowest BCUT2D eigenvalue weighted by Gasteiger charge is -2.05. The summed E-state index contributed by atoms with van der Waals surface area (Å²) in [5.41, 5.74) is 1.94. The number of rotatable bonds is 4. The van der Waals surface area contributed by atoms with Gasteiger partial charge in [-0.05, 0) is 52.4 Å². The second-order valence-electron chi connectivity index (χ2n) is 4.68. The SMILES string of the molecule is O=C(/C=C/c1cccc(F)c1)Nc1cccc(-n2cnnn2)c1. The number of nitrogens with one attached hydrogen (secondary N) is 1. The van der Waals surface area contributed by atoms with E-state index in [2.05, 4.69) is 20.8 Å². The van der Waals surface area contributed by atoms with Crippen molar-refractivity contribution in [1.82, 2.24) is 20.2 Å². The molecule has 2 aromatic carbocycles. The highest BCUT2D eigenvalue weighted by molar-refractivity contribution is 6.02. The number of hydrogen-bond acceptors (Lipinski definition) is 4. The molecule has 7 heteroatoms. The molecule has 1 heterocycles. The number of hydrogen-bond donors (Lipinski definition) is 1. The third-order valence-electron chi connectivity index (χ3n) is 3.00. The molecule has 0 saturated heterocycles. The topological polar surface area (TPSA) is 72.7 Å². The van der Waals surface area contributed by atoms with Crippen molar-refractivity contribution in [1.29, 1.82) is 0 Å². The molecule has 23 heavy (non-hydrogen) atoms. The highest BCUT2D eigenvalue weighted by Crippen LogP contribution is 2.13. The number of aromatic nitrogens is 4. The Morgan fingerprint density at radius 1 is 1.17 bits per heavy atom. The average Bonchev–Trinajstić information content (AvgIpc) is 3.08. The van der Waals surface area contributed by atoms with Crippen LogP contribution >= 0.6 is 0 Å². The van der Waals surface area contributed by atoms with Gasteiger partial charge in [0.25, 0.3) is 0 Å². The maximum atomic E-state index is 13.1. The van der Waals surface area contributed by atoms with E-state index >= 15 is 0 Å². The van der Waals surface area contributed by atoms with Crippen LogP contribution in [0.2, 0.25) is 0 Å². The quantitative estimate of drug-likeness (QED) is 0.751. The van der Waals surface area contributed by atoms with Crippen LogP contribution in [0.4, 0.5) is 10.1 Å². The molecule has 1 aromatic heterocycles. The zero-order valence-electron chi connectivity index (χ0n) is 11.9. The number of carbonyl (C=O) groups excluding carboxylic acids is 1. The van der Waals surface area contributed by atoms with Gasteiger partial charge in [-0.25, -0.2) is 9.07 Å². The maximum absolute atomic E-state index is 13.1. The van der Waals surface area contributed by atoms with E-state index in [1.54, 1.807) is 36.4 Å². The van der Waals surface area contributed by atoms with Crippen LogP contribution in [0.1, 0.15) is 5.56 Å². The summed E-state index contributed by atoms with van der Waals surface area (Å²) < 4.78 is 14.5. The molecule has 0 aliphatic rings. The molecule has 0 saturated carbocycles. The number of carbonyl (C=O) groups is 1. The van der Waals surface area contributed by atoms with Crippen LogP contribution in [0, 0.1) is 5.82 Å². The Kier molecular flexibility index (Phi) is 4.19. The Morgan fingerprint density at radius 3 is 2.83 bits per heavy atom. The van der Waals surface area contributed by atoms with Crippen LogP contribution in [0.3, 0.4) is 0 Å². The molecule has 0 aliphatic carbocycles. The van der Waals surface area contributed by atoms with Gasteiger partial charge in [0.2, 0.25) is 5.91 Å². The summed E-state index contributed by atoms with van der Waals surface area (Å²) in [6, 6.07) is 13.1. The molecule has 3 aromatic rings. The minimum absolute atomic E-state index is 0.317. The summed E-state index contributed by atoms with van der Waals surface area (Å²) in [5.74, 6) is -0.662. The number of tetrazole rings is 1. The van der Waals surface area contributed by atoms with E-state index in [1.165, 1.54) is 29.2 Å². The summed E-state index contributed by atoms with van der Waals surface area (Å²) in [6.07, 6.45) is 4.35. The minimum Gasteiger partial charge on any atom is -0.322 e. The molecule has 1 amide bonds. The van der Waals surface area contributed by atoms with E-state index in [4.69, 9.17) is 0 Å². The largest absolute Gasteiger partial charge is 0.322 e. The van der Waals surface area contributed by atoms with Crippen LogP contribution < -0.4 is 5.32 Å². The van der Waals surface area contributed by atoms with Crippen LogP contribution in [0.15, 0.2) is 60.9 Å². The Morgan fingerprint density at radius 2 is 2.04 bits per heavy atom. The average molecular weight is 309 g/mol. The van der Waals surface area contributed by atoms with E-state index in [0.29, 0.717) is 11.3 Å². The molecule has 0 unspecified atom stereocenters. The molecule has 0 fully saturated rings. The first-order chi connectivity index (χ1) is 11.2. The summed E-state index contributed by atoms with van der Waals surface area (Å²) in [4.78, 5) is 11.9. The Hall–Kier alpha value is -3.35. The van der Waals surface area contributed by atoms with E-state index < -0.39 is 0 Å². The highest BCUT2D eigenvalue weighted by Gasteiger charge is 2.02. The lowest BCUT2D eigenvalue weighted by Crippen LogP contribution is -2.08. The van der Waals surface area contributed by atoms with Crippen molar-refractivity contribution in [3.63, 3.8) is 0 Å². The van der Waals surface area contributed by atoms with Gasteiger partial charge in [0, 0.05) is 11.8 Å². The zero-order chi connectivity index (χ0) is 16.1. The fraction of sp³-hybridized carbons (Fsp3) is 0. The molecule has 114 valence electrons. The van der Waals surface area contributed by atoms with Crippen molar-refractivity contribution in [3.8, 4) is 5.69 Å². The lowest BCUT2D eigenvalue weighted by molar-refractivity contribution is -0.111. The fourth-order valence-corrected chi connectivity index (χ4v) is 1.97. The fourth-order valence-electron chi connectivity index (χ4n) is 1.97. The van der Waals surface area contributed by atoms with Crippen LogP contribution in [-0.4, -0.2) is 26.1 Å². The normalized spacial score (nSPS) is 10.8. The molecular formula is C16H12FN5O. The highest BCUT2D eigenvalue weighted by atomic mass is 19.1. The van der Waals surface area contributed by atoms with Crippen molar-refractivity contribution in [2.45, 2.75) is 0 Å². The monoisotopic (exact) mass is 309 g/mol. The molecule has 1 N–H and O–H groups in total. The number of amides is 1. The third-order valence-corrected chi connectivity index (χ3v) is 3.00. The smallest absolute Gasteiger partial charge is 0.248 e. The first-order valence-corrected chi connectivity index (χ1v) is 6.79. The van der Waals surface area contributed by atoms with Gasteiger partial charge in [-0.1, -0.05) is 18.2 Å². The van der Waals surface area contributed by atoms with Gasteiger partial charge in [0.05, 0.1) is 5.69 Å². The van der Waals surface area contributed by atoms with Gasteiger partial charge < -0.3 is 5.32 Å². The van der Waals surface area contributed by atoms with Crippen molar-refractivity contribution in [2.75, 3.05) is 5.32 Å². The first kappa shape index (κ1) is 14.6. The Balaban J connectivity index is 1.69. The van der Waals surface area contributed by atoms with Gasteiger partial charge in [0.1, 0.15) is 12.1 Å². The molecular weight excluding hydrogens is 297 g/mol. The predicted molar refractivity (Wildman–Crippen MR) is 83.2 cm³/mol. The Bertz CT molecular complexity index is 845. The maximum Gasteiger partial charge on any atom is 0.248 e. The van der Waals surface area contributed by atoms with Crippen LogP contribution in [-0.2, 0) is 4.79 Å². The molecule has 0 atom stereocenters. The van der Waals surface area contributed by atoms with E-state index in [0.717, 1.165) is 5.69 Å². The molecule has 0 bridgehead atoms. The summed E-state index contributed by atoms with van der Waals surface area (Å²) in [5, 5.41) is 13.6. The van der Waals surface area contributed by atoms with Crippen LogP contribution in [0.25, 0.3) is 11.8 Å². The first-order valence-electron chi connectivity index (χ1n) is 6.79. The molecule has 3 rings (SSSR count). The van der Waals surface area contributed by atoms with Crippen molar-refractivity contribution >= 4 is 17.7 Å². The molecule has 0 spiro atoms. The minimum atomic E-state index is -0.346. The zero-order valence-corrected chi connectivity index (χ0v) is 11.9. The molecule has 6 nitrogen and oxygen atoms in total. The predicted octanol–water partition coefficient (Wildman–Crippen LogP) is 2.45. The van der Waals surface area contributed by atoms with Gasteiger partial charge >= 0.3 is 0 Å². The van der Waals surface area contributed by atoms with E-state index in [9.17, 15) is 9.18 Å². The summed E-state index contributed by atoms with van der Waals surface area (Å²) in [6.45, 7) is 0. The van der Waals surface area contributed by atoms with Gasteiger partial charge in [-0.15, -0.1) is 5.10 Å². The van der Waals surface area contributed by atoms with Crippen molar-refractivity contribution < 1.29 is 9.18 Å². The van der Waals surface area contributed by atoms with Crippen LogP contribution in [0.5, 0.6) is 0 Å². The summed E-state index contributed by atoms with van der Waals surface area (Å²) in [7, 11) is 0. The van der Waals surface area contributed by atoms with Crippen molar-refractivity contribution in [2.24, 2.45) is 0 Å². The number of nitrogens with zero attached hydrogens (tertiary/aromatic N) is 4. The lowest BCUT2D eigenvalue weighted by atomic mass is 10.2. The third kappa shape index (κ3) is 3.85. The van der Waals surface area contributed by atoms with E-state index in [-0.39, 0.29) is 11.7 Å². The van der Waals surface area contributed by atoms with Gasteiger partial charge in [-0.2, -0.15) is 0 Å². The standard InChI is InChI=1S/C16H12FN5O/c17-13-4-1-3-12(9-13)7-8-16(23)19-14-5-2-6-15(10-14)22-11-18-20-21-22/h1-11H,(H,19,23)/b8-7+. The summed E-state index contributed by atoms with van der Waals surface area (Å²) >= 11 is 0. The number of anilines is 1. The van der Waals surface area contributed by atoms with E-state index in [1.807, 2.05) is 6.07 Å². The second-order valence-corrected chi connectivity index (χ2v) is 4.68.